The number of hydrogen-bond acceptors (Lipinski definition) is 2. The molecule has 2 rings (SSSR count). The lowest BCUT2D eigenvalue weighted by Crippen LogP contribution is -2.48. The molecule has 1 atom stereocenters. The van der Waals surface area contributed by atoms with Gasteiger partial charge in [-0.2, -0.15) is 0 Å². The molecule has 1 heterocycles. The van der Waals surface area contributed by atoms with Gasteiger partial charge in [0.15, 0.2) is 0 Å². The van der Waals surface area contributed by atoms with Gasteiger partial charge in [0.1, 0.15) is 6.04 Å². The van der Waals surface area contributed by atoms with Crippen LogP contribution in [0.15, 0.2) is 12.1 Å². The van der Waals surface area contributed by atoms with Crippen molar-refractivity contribution in [1.82, 2.24) is 4.90 Å². The average molecular weight is 275 g/mol. The first-order valence-corrected chi connectivity index (χ1v) is 7.03. The summed E-state index contributed by atoms with van der Waals surface area (Å²) >= 11 is 0. The van der Waals surface area contributed by atoms with E-state index in [4.69, 9.17) is 0 Å². The van der Waals surface area contributed by atoms with Gasteiger partial charge in [-0.3, -0.25) is 4.79 Å². The first-order chi connectivity index (χ1) is 9.41. The summed E-state index contributed by atoms with van der Waals surface area (Å²) in [5, 5.41) is 9.29. The highest BCUT2D eigenvalue weighted by Crippen LogP contribution is 2.24. The maximum Gasteiger partial charge on any atom is 0.326 e. The third-order valence-corrected chi connectivity index (χ3v) is 3.94. The van der Waals surface area contributed by atoms with Crippen molar-refractivity contribution in [3.05, 3.63) is 34.4 Å². The summed E-state index contributed by atoms with van der Waals surface area (Å²) < 4.78 is 0. The molecule has 1 saturated heterocycles. The first-order valence-electron chi connectivity index (χ1n) is 7.03. The van der Waals surface area contributed by atoms with Crippen LogP contribution in [0.5, 0.6) is 0 Å². The number of rotatable bonds is 2. The van der Waals surface area contributed by atoms with Crippen LogP contribution in [0.2, 0.25) is 0 Å². The minimum atomic E-state index is -0.902. The van der Waals surface area contributed by atoms with Crippen LogP contribution >= 0.6 is 0 Å². The van der Waals surface area contributed by atoms with Crippen LogP contribution in [0, 0.1) is 20.8 Å². The van der Waals surface area contributed by atoms with Gasteiger partial charge >= 0.3 is 5.97 Å². The van der Waals surface area contributed by atoms with Gasteiger partial charge in [0.2, 0.25) is 0 Å². The van der Waals surface area contributed by atoms with Crippen molar-refractivity contribution in [3.8, 4) is 0 Å². The van der Waals surface area contributed by atoms with E-state index in [0.29, 0.717) is 18.5 Å². The van der Waals surface area contributed by atoms with Crippen LogP contribution in [0.3, 0.4) is 0 Å². The fourth-order valence-corrected chi connectivity index (χ4v) is 3.09. The summed E-state index contributed by atoms with van der Waals surface area (Å²) in [4.78, 5) is 25.6. The highest BCUT2D eigenvalue weighted by Gasteiger charge is 2.33. The molecule has 20 heavy (non-hydrogen) atoms. The van der Waals surface area contributed by atoms with Gasteiger partial charge in [-0.1, -0.05) is 17.7 Å². The number of nitrogens with zero attached hydrogens (tertiary/aromatic N) is 1. The smallest absolute Gasteiger partial charge is 0.326 e. The molecule has 1 fully saturated rings. The van der Waals surface area contributed by atoms with E-state index in [9.17, 15) is 14.7 Å². The second-order valence-corrected chi connectivity index (χ2v) is 5.62. The van der Waals surface area contributed by atoms with E-state index in [1.54, 1.807) is 0 Å². The molecule has 0 aliphatic carbocycles. The van der Waals surface area contributed by atoms with Crippen molar-refractivity contribution >= 4 is 11.9 Å². The Hall–Kier alpha value is -1.84. The highest BCUT2D eigenvalue weighted by molar-refractivity contribution is 5.99. The van der Waals surface area contributed by atoms with E-state index < -0.39 is 12.0 Å². The van der Waals surface area contributed by atoms with E-state index in [0.717, 1.165) is 29.5 Å². The number of carbonyl (C=O) groups is 2. The minimum Gasteiger partial charge on any atom is -0.480 e. The van der Waals surface area contributed by atoms with Gasteiger partial charge in [-0.15, -0.1) is 0 Å². The Morgan fingerprint density at radius 3 is 2.30 bits per heavy atom. The largest absolute Gasteiger partial charge is 0.480 e. The molecule has 0 saturated carbocycles. The lowest BCUT2D eigenvalue weighted by molar-refractivity contribution is -0.143. The number of carboxylic acid groups (broad SMARTS) is 1. The summed E-state index contributed by atoms with van der Waals surface area (Å²) in [5.41, 5.74) is 3.61. The van der Waals surface area contributed by atoms with Crippen molar-refractivity contribution in [1.29, 1.82) is 0 Å². The molecule has 0 spiro atoms. The molecule has 4 nitrogen and oxygen atoms in total. The molecule has 1 aliphatic rings. The normalized spacial score (nSPS) is 18.9. The van der Waals surface area contributed by atoms with Crippen LogP contribution in [-0.2, 0) is 4.79 Å². The first kappa shape index (κ1) is 14.6. The Kier molecular flexibility index (Phi) is 4.12. The van der Waals surface area contributed by atoms with E-state index in [1.165, 1.54) is 4.90 Å². The number of piperidine rings is 1. The maximum absolute atomic E-state index is 12.7. The van der Waals surface area contributed by atoms with Crippen molar-refractivity contribution in [2.45, 2.75) is 46.1 Å². The Balaban J connectivity index is 2.37. The van der Waals surface area contributed by atoms with Crippen molar-refractivity contribution in [2.75, 3.05) is 6.54 Å². The summed E-state index contributed by atoms with van der Waals surface area (Å²) in [6, 6.07) is 3.26. The van der Waals surface area contributed by atoms with Crippen molar-refractivity contribution in [2.24, 2.45) is 0 Å². The summed E-state index contributed by atoms with van der Waals surface area (Å²) in [6.45, 7) is 6.34. The molecule has 4 heteroatoms. The molecule has 1 aromatic rings. The van der Waals surface area contributed by atoms with Crippen LogP contribution in [-0.4, -0.2) is 34.5 Å². The fraction of sp³-hybridized carbons (Fsp3) is 0.500. The Morgan fingerprint density at radius 2 is 1.75 bits per heavy atom. The monoisotopic (exact) mass is 275 g/mol. The van der Waals surface area contributed by atoms with Crippen LogP contribution in [0.1, 0.15) is 46.3 Å². The standard InChI is InChI=1S/C16H21NO3/c1-10-8-11(2)14(12(3)9-10)15(18)17-7-5-4-6-13(17)16(19)20/h8-9,13H,4-7H2,1-3H3,(H,19,20). The Bertz CT molecular complexity index is 528. The number of carboxylic acids is 1. The Morgan fingerprint density at radius 1 is 1.15 bits per heavy atom. The van der Waals surface area contributed by atoms with E-state index in [1.807, 2.05) is 32.9 Å². The third kappa shape index (κ3) is 2.69. The van der Waals surface area contributed by atoms with Gasteiger partial charge in [0.05, 0.1) is 0 Å². The third-order valence-electron chi connectivity index (χ3n) is 3.94. The predicted molar refractivity (Wildman–Crippen MR) is 77.0 cm³/mol. The van der Waals surface area contributed by atoms with Crippen LogP contribution < -0.4 is 0 Å². The lowest BCUT2D eigenvalue weighted by atomic mass is 9.95. The molecule has 0 bridgehead atoms. The van der Waals surface area contributed by atoms with Gasteiger partial charge in [-0.25, -0.2) is 4.79 Å². The Labute approximate surface area is 119 Å². The number of likely N-dealkylation sites (tertiary alicyclic amines) is 1. The highest BCUT2D eigenvalue weighted by atomic mass is 16.4. The fourth-order valence-electron chi connectivity index (χ4n) is 3.09. The topological polar surface area (TPSA) is 57.6 Å². The maximum atomic E-state index is 12.7. The predicted octanol–water partition coefficient (Wildman–Crippen LogP) is 2.69. The molecular weight excluding hydrogens is 254 g/mol. The molecule has 0 aromatic heterocycles. The van der Waals surface area contributed by atoms with Gasteiger partial charge < -0.3 is 10.0 Å². The van der Waals surface area contributed by atoms with E-state index in [-0.39, 0.29) is 5.91 Å². The summed E-state index contributed by atoms with van der Waals surface area (Å²) in [6.07, 6.45) is 2.29. The molecule has 108 valence electrons. The second-order valence-electron chi connectivity index (χ2n) is 5.62. The summed E-state index contributed by atoms with van der Waals surface area (Å²) in [5.74, 6) is -1.05. The number of aryl methyl sites for hydroxylation is 3. The molecule has 1 unspecified atom stereocenters. The lowest BCUT2D eigenvalue weighted by Gasteiger charge is -2.33. The average Bonchev–Trinajstić information content (AvgIpc) is 2.37. The van der Waals surface area contributed by atoms with Crippen molar-refractivity contribution in [3.63, 3.8) is 0 Å². The zero-order chi connectivity index (χ0) is 14.9. The molecule has 1 amide bonds. The van der Waals surface area contributed by atoms with Gasteiger partial charge in [0, 0.05) is 12.1 Å². The number of carbonyl (C=O) groups excluding carboxylic acids is 1. The zero-order valence-corrected chi connectivity index (χ0v) is 12.3. The van der Waals surface area contributed by atoms with Crippen LogP contribution in [0.25, 0.3) is 0 Å². The minimum absolute atomic E-state index is 0.146. The number of hydrogen-bond donors (Lipinski definition) is 1. The number of benzene rings is 1. The number of aliphatic carboxylic acids is 1. The molecule has 1 aromatic carbocycles. The van der Waals surface area contributed by atoms with Crippen molar-refractivity contribution < 1.29 is 14.7 Å². The quantitative estimate of drug-likeness (QED) is 0.902. The SMILES string of the molecule is Cc1cc(C)c(C(=O)N2CCCCC2C(=O)O)c(C)c1. The molecule has 1 aliphatic heterocycles. The molecule has 0 radical (unpaired) electrons. The molecule has 1 N–H and O–H groups in total. The summed E-state index contributed by atoms with van der Waals surface area (Å²) in [7, 11) is 0. The zero-order valence-electron chi connectivity index (χ0n) is 12.3. The van der Waals surface area contributed by atoms with E-state index in [2.05, 4.69) is 0 Å². The van der Waals surface area contributed by atoms with Gasteiger partial charge in [0.25, 0.3) is 5.91 Å². The number of amides is 1. The van der Waals surface area contributed by atoms with Gasteiger partial charge in [-0.05, 0) is 51.2 Å². The van der Waals surface area contributed by atoms with Crippen LogP contribution in [0.4, 0.5) is 0 Å². The molecular formula is C16H21NO3. The second kappa shape index (κ2) is 5.65. The van der Waals surface area contributed by atoms with E-state index >= 15 is 0 Å².